The molecule has 0 rings (SSSR count). The van der Waals surface area contributed by atoms with Crippen LogP contribution >= 0.6 is 0 Å². The first-order valence-electron chi connectivity index (χ1n) is 0.955. The minimum atomic E-state index is -2.60. The third-order valence-electron chi connectivity index (χ3n) is 0. The molecule has 0 saturated carbocycles. The molecule has 0 spiro atoms. The largest absolute Gasteiger partial charge is 0.321 e. The Bertz CT molecular complexity index is 26.5. The Morgan fingerprint density at radius 3 is 0.778 bits per heavy atom. The molecular formula is H2Cl2KO6. The fraction of sp³-hybridized carbons (Fsp3) is 0. The summed E-state index contributed by atoms with van der Waals surface area (Å²) in [4.78, 5) is 0. The zero-order valence-electron chi connectivity index (χ0n) is 4.28. The van der Waals surface area contributed by atoms with Crippen LogP contribution in [0.25, 0.3) is 0 Å². The van der Waals surface area contributed by atoms with Crippen LogP contribution in [0, 0.1) is 21.6 Å². The molecule has 0 saturated heterocycles. The van der Waals surface area contributed by atoms with Crippen molar-refractivity contribution < 1.29 is 49.5 Å². The predicted octanol–water partition coefficient (Wildman–Crippen LogP) is -6.25. The molecule has 0 fully saturated rings. The summed E-state index contributed by atoms with van der Waals surface area (Å²) in [5.41, 5.74) is 0. The van der Waals surface area contributed by atoms with Gasteiger partial charge in [0, 0.05) is 60.7 Å². The van der Waals surface area contributed by atoms with E-state index in [-0.39, 0.29) is 51.4 Å². The number of hydrogen-bond acceptors (Lipinski definition) is 6. The summed E-state index contributed by atoms with van der Waals surface area (Å²) in [6, 6.07) is 0. The van der Waals surface area contributed by atoms with Crippen molar-refractivity contribution in [1.29, 1.82) is 0 Å². The summed E-state index contributed by atoms with van der Waals surface area (Å²) in [6.45, 7) is 0. The molecule has 1 radical (unpaired) electrons. The molecule has 0 unspecified atom stereocenters. The summed E-state index contributed by atoms with van der Waals surface area (Å²) in [5, 5.41) is 0. The van der Waals surface area contributed by atoms with E-state index >= 15 is 0 Å². The summed E-state index contributed by atoms with van der Waals surface area (Å²) in [5.74, 6) is 0. The Labute approximate surface area is 99.3 Å². The summed E-state index contributed by atoms with van der Waals surface area (Å²) in [7, 11) is -5.20. The molecule has 0 heterocycles. The average molecular weight is 208 g/mol. The Balaban J connectivity index is -0.0000000720. The number of rotatable bonds is 0. The van der Waals surface area contributed by atoms with Gasteiger partial charge in [-0.1, -0.05) is 0 Å². The van der Waals surface area contributed by atoms with E-state index in [4.69, 9.17) is 28.0 Å². The first-order chi connectivity index (χ1) is 3.46. The average Bonchev–Trinajstić information content (AvgIpc) is 1.25. The van der Waals surface area contributed by atoms with Gasteiger partial charge in [0.2, 0.25) is 0 Å². The SMILES string of the molecule is [K].[O-][Cl+2]([O-])O.[O-][Cl+2]([O-])O. The normalized spacial score (nSPS) is 8.00. The minimum Gasteiger partial charge on any atom is -0.321 e. The predicted molar refractivity (Wildman–Crippen MR) is 10.2 cm³/mol. The summed E-state index contributed by atoms with van der Waals surface area (Å²) >= 11 is 0. The first kappa shape index (κ1) is 17.2. The fourth-order valence-corrected chi connectivity index (χ4v) is 0. The van der Waals surface area contributed by atoms with Crippen molar-refractivity contribution in [1.82, 2.24) is 0 Å². The molecule has 2 N–H and O–H groups in total. The zero-order chi connectivity index (χ0) is 7.15. The monoisotopic (exact) mass is 207 g/mol. The van der Waals surface area contributed by atoms with E-state index < -0.39 is 21.6 Å². The standard InChI is InChI=1S/2ClHO3.K/c2*2-1(3)4;/h2*2H;. The van der Waals surface area contributed by atoms with Crippen LogP contribution in [-0.2, 0) is 0 Å². The molecule has 9 heavy (non-hydrogen) atoms. The van der Waals surface area contributed by atoms with Gasteiger partial charge in [-0.2, -0.15) is 0 Å². The topological polar surface area (TPSA) is 133 Å². The van der Waals surface area contributed by atoms with Crippen molar-refractivity contribution >= 4 is 51.4 Å². The van der Waals surface area contributed by atoms with Gasteiger partial charge in [-0.15, -0.1) is 0 Å². The van der Waals surface area contributed by atoms with Gasteiger partial charge < -0.3 is 18.6 Å². The van der Waals surface area contributed by atoms with Crippen molar-refractivity contribution in [2.75, 3.05) is 0 Å². The van der Waals surface area contributed by atoms with Gasteiger partial charge in [0.05, 0.1) is 0 Å². The first-order valence-corrected chi connectivity index (χ1v) is 2.87. The molecule has 0 aromatic carbocycles. The molecule has 0 bridgehead atoms. The molecule has 0 amide bonds. The van der Waals surface area contributed by atoms with Crippen LogP contribution in [0.3, 0.4) is 0 Å². The van der Waals surface area contributed by atoms with Gasteiger partial charge in [0.15, 0.2) is 0 Å². The molecule has 0 atom stereocenters. The molecule has 0 aliphatic carbocycles. The van der Waals surface area contributed by atoms with E-state index in [1.165, 1.54) is 0 Å². The fourth-order valence-electron chi connectivity index (χ4n) is 0. The van der Waals surface area contributed by atoms with Crippen molar-refractivity contribution in [3.8, 4) is 0 Å². The van der Waals surface area contributed by atoms with Crippen LogP contribution in [0.15, 0.2) is 0 Å². The second-order valence-electron chi connectivity index (χ2n) is 0.402. The molecule has 0 aromatic heterocycles. The summed E-state index contributed by atoms with van der Waals surface area (Å²) < 4.78 is 47.9. The van der Waals surface area contributed by atoms with E-state index in [1.807, 2.05) is 0 Å². The Kier molecular flexibility index (Phi) is 24.1. The van der Waals surface area contributed by atoms with Crippen LogP contribution in [0.1, 0.15) is 0 Å². The third-order valence-corrected chi connectivity index (χ3v) is 0. The van der Waals surface area contributed by atoms with Crippen LogP contribution in [-0.4, -0.2) is 60.7 Å². The van der Waals surface area contributed by atoms with Gasteiger partial charge >= 0.3 is 0 Å². The maximum Gasteiger partial charge on any atom is 0.282 e. The second kappa shape index (κ2) is 12.6. The minimum absolute atomic E-state index is 0. The molecular weight excluding hydrogens is 206 g/mol. The van der Waals surface area contributed by atoms with E-state index in [2.05, 4.69) is 0 Å². The molecule has 0 aromatic rings. The van der Waals surface area contributed by atoms with E-state index in [0.717, 1.165) is 0 Å². The van der Waals surface area contributed by atoms with Gasteiger partial charge in [0.25, 0.3) is 21.6 Å². The number of halogens is 2. The Hall–Kier alpha value is 1.98. The zero-order valence-corrected chi connectivity index (χ0v) is 8.92. The molecule has 9 heteroatoms. The van der Waals surface area contributed by atoms with Crippen LogP contribution < -0.4 is 18.6 Å². The van der Waals surface area contributed by atoms with Crippen LogP contribution in [0.4, 0.5) is 0 Å². The molecule has 53 valence electrons. The third kappa shape index (κ3) is 162. The van der Waals surface area contributed by atoms with Crippen LogP contribution in [0.2, 0.25) is 0 Å². The van der Waals surface area contributed by atoms with Crippen molar-refractivity contribution in [3.05, 3.63) is 0 Å². The van der Waals surface area contributed by atoms with Crippen molar-refractivity contribution in [3.63, 3.8) is 0 Å². The van der Waals surface area contributed by atoms with Gasteiger partial charge in [-0.3, -0.25) is 0 Å². The van der Waals surface area contributed by atoms with Gasteiger partial charge in [-0.05, 0) is 0 Å². The van der Waals surface area contributed by atoms with Crippen molar-refractivity contribution in [2.45, 2.75) is 0 Å². The maximum atomic E-state index is 8.52. The van der Waals surface area contributed by atoms with E-state index in [1.54, 1.807) is 0 Å². The molecule has 0 aliphatic rings. The molecule has 6 nitrogen and oxygen atoms in total. The second-order valence-corrected chi connectivity index (χ2v) is 1.21. The maximum absolute atomic E-state index is 8.52. The quantitative estimate of drug-likeness (QED) is 0.380. The number of hydrogen-bond donors (Lipinski definition) is 2. The van der Waals surface area contributed by atoms with Crippen LogP contribution in [0.5, 0.6) is 0 Å². The van der Waals surface area contributed by atoms with E-state index in [0.29, 0.717) is 0 Å². The smallest absolute Gasteiger partial charge is 0.282 e. The van der Waals surface area contributed by atoms with E-state index in [9.17, 15) is 0 Å². The van der Waals surface area contributed by atoms with Gasteiger partial charge in [-0.25, -0.2) is 0 Å². The molecule has 0 aliphatic heterocycles. The Morgan fingerprint density at radius 1 is 0.778 bits per heavy atom. The Morgan fingerprint density at radius 2 is 0.778 bits per heavy atom. The van der Waals surface area contributed by atoms with Crippen molar-refractivity contribution in [2.24, 2.45) is 0 Å². The summed E-state index contributed by atoms with van der Waals surface area (Å²) in [6.07, 6.45) is 0. The van der Waals surface area contributed by atoms with Gasteiger partial charge in [0.1, 0.15) is 0 Å².